The Kier molecular flexibility index (Phi) is 1.72. The Morgan fingerprint density at radius 1 is 1.25 bits per heavy atom. The Labute approximate surface area is 91.0 Å². The molecule has 1 aromatic heterocycles. The number of primary sulfonamides is 1. The second-order valence-corrected chi connectivity index (χ2v) is 4.98. The van der Waals surface area contributed by atoms with Gasteiger partial charge in [-0.05, 0) is 6.07 Å². The van der Waals surface area contributed by atoms with Crippen LogP contribution >= 0.6 is 0 Å². The summed E-state index contributed by atoms with van der Waals surface area (Å²) in [5.41, 5.74) is 0.647. The van der Waals surface area contributed by atoms with Crippen molar-refractivity contribution in [2.45, 2.75) is 4.90 Å². The molecule has 0 amide bonds. The van der Waals surface area contributed by atoms with Crippen molar-refractivity contribution in [3.05, 3.63) is 18.3 Å². The molecule has 0 atom stereocenters. The highest BCUT2D eigenvalue weighted by atomic mass is 32.2. The number of aromatic nitrogens is 1. The van der Waals surface area contributed by atoms with Crippen LogP contribution in [-0.4, -0.2) is 20.2 Å². The number of fused-ring (bicyclic) bond motifs is 2. The van der Waals surface area contributed by atoms with Gasteiger partial charge in [0.1, 0.15) is 4.90 Å². The fraction of sp³-hybridized carbons (Fsp3) is 0.111. The fourth-order valence-electron chi connectivity index (χ4n) is 1.72. The zero-order valence-corrected chi connectivity index (χ0v) is 8.87. The number of ether oxygens (including phenoxy) is 2. The van der Waals surface area contributed by atoms with Crippen molar-refractivity contribution in [3.8, 4) is 11.5 Å². The SMILES string of the molecule is NS(=O)(=O)c1c[nH]c2cc3c(cc12)OCO3. The molecule has 0 radical (unpaired) electrons. The van der Waals surface area contributed by atoms with E-state index in [4.69, 9.17) is 14.6 Å². The molecule has 0 saturated heterocycles. The number of hydrogen-bond donors (Lipinski definition) is 2. The Morgan fingerprint density at radius 2 is 1.94 bits per heavy atom. The van der Waals surface area contributed by atoms with Gasteiger partial charge in [-0.15, -0.1) is 0 Å². The summed E-state index contributed by atoms with van der Waals surface area (Å²) in [4.78, 5) is 2.89. The summed E-state index contributed by atoms with van der Waals surface area (Å²) in [6, 6.07) is 3.29. The van der Waals surface area contributed by atoms with Crippen LogP contribution in [0.3, 0.4) is 0 Å². The van der Waals surface area contributed by atoms with Gasteiger partial charge in [0.05, 0.1) is 5.52 Å². The van der Waals surface area contributed by atoms with Crippen LogP contribution in [0.4, 0.5) is 0 Å². The van der Waals surface area contributed by atoms with Crippen LogP contribution in [0, 0.1) is 0 Å². The molecule has 0 bridgehead atoms. The number of benzene rings is 1. The van der Waals surface area contributed by atoms with Crippen molar-refractivity contribution in [2.24, 2.45) is 5.14 Å². The van der Waals surface area contributed by atoms with E-state index < -0.39 is 10.0 Å². The maximum Gasteiger partial charge on any atom is 0.240 e. The third-order valence-electron chi connectivity index (χ3n) is 2.44. The molecule has 16 heavy (non-hydrogen) atoms. The first-order valence-electron chi connectivity index (χ1n) is 4.49. The van der Waals surface area contributed by atoms with Crippen LogP contribution < -0.4 is 14.6 Å². The van der Waals surface area contributed by atoms with Gasteiger partial charge < -0.3 is 14.5 Å². The lowest BCUT2D eigenvalue weighted by Gasteiger charge is -1.98. The van der Waals surface area contributed by atoms with Crippen LogP contribution in [0.2, 0.25) is 0 Å². The maximum atomic E-state index is 11.3. The van der Waals surface area contributed by atoms with Crippen molar-refractivity contribution in [1.82, 2.24) is 4.98 Å². The van der Waals surface area contributed by atoms with Crippen LogP contribution in [0.5, 0.6) is 11.5 Å². The van der Waals surface area contributed by atoms with Crippen LogP contribution in [0.15, 0.2) is 23.2 Å². The summed E-state index contributed by atoms with van der Waals surface area (Å²) in [5.74, 6) is 1.12. The highest BCUT2D eigenvalue weighted by Crippen LogP contribution is 2.37. The third kappa shape index (κ3) is 1.25. The molecule has 0 spiro atoms. The number of aromatic amines is 1. The summed E-state index contributed by atoms with van der Waals surface area (Å²) in [6.45, 7) is 0.145. The van der Waals surface area contributed by atoms with Gasteiger partial charge in [0.25, 0.3) is 0 Å². The molecule has 84 valence electrons. The molecule has 0 saturated carbocycles. The molecular weight excluding hydrogens is 232 g/mol. The highest BCUT2D eigenvalue weighted by Gasteiger charge is 2.20. The van der Waals surface area contributed by atoms with E-state index in [-0.39, 0.29) is 11.7 Å². The number of nitrogens with two attached hydrogens (primary N) is 1. The zero-order chi connectivity index (χ0) is 11.3. The fourth-order valence-corrected chi connectivity index (χ4v) is 2.42. The first-order valence-corrected chi connectivity index (χ1v) is 6.04. The second kappa shape index (κ2) is 2.89. The predicted octanol–water partition coefficient (Wildman–Crippen LogP) is 0.544. The first-order chi connectivity index (χ1) is 7.55. The predicted molar refractivity (Wildman–Crippen MR) is 55.8 cm³/mol. The van der Waals surface area contributed by atoms with Gasteiger partial charge in [-0.2, -0.15) is 0 Å². The van der Waals surface area contributed by atoms with Crippen molar-refractivity contribution in [2.75, 3.05) is 6.79 Å². The molecule has 2 heterocycles. The number of hydrogen-bond acceptors (Lipinski definition) is 4. The quantitative estimate of drug-likeness (QED) is 0.760. The molecule has 3 rings (SSSR count). The summed E-state index contributed by atoms with van der Waals surface area (Å²) in [7, 11) is -3.73. The van der Waals surface area contributed by atoms with Crippen LogP contribution in [0.1, 0.15) is 0 Å². The molecule has 0 aliphatic carbocycles. The average Bonchev–Trinajstić information content (AvgIpc) is 2.76. The number of nitrogens with one attached hydrogen (secondary N) is 1. The molecular formula is C9H8N2O4S. The van der Waals surface area contributed by atoms with Gasteiger partial charge in [-0.25, -0.2) is 13.6 Å². The minimum atomic E-state index is -3.73. The van der Waals surface area contributed by atoms with Crippen molar-refractivity contribution < 1.29 is 17.9 Å². The zero-order valence-electron chi connectivity index (χ0n) is 8.06. The molecule has 1 aromatic carbocycles. The van der Waals surface area contributed by atoms with Crippen molar-refractivity contribution in [3.63, 3.8) is 0 Å². The topological polar surface area (TPSA) is 94.4 Å². The summed E-state index contributed by atoms with van der Waals surface area (Å²) >= 11 is 0. The van der Waals surface area contributed by atoms with E-state index in [0.29, 0.717) is 22.4 Å². The van der Waals surface area contributed by atoms with E-state index in [1.807, 2.05) is 0 Å². The molecule has 0 unspecified atom stereocenters. The van der Waals surface area contributed by atoms with E-state index in [1.54, 1.807) is 12.1 Å². The highest BCUT2D eigenvalue weighted by molar-refractivity contribution is 7.89. The summed E-state index contributed by atoms with van der Waals surface area (Å²) in [5, 5.41) is 5.60. The molecule has 1 aliphatic heterocycles. The van der Waals surface area contributed by atoms with E-state index in [0.717, 1.165) is 0 Å². The normalized spacial score (nSPS) is 14.6. The van der Waals surface area contributed by atoms with Gasteiger partial charge in [0.2, 0.25) is 16.8 Å². The van der Waals surface area contributed by atoms with Crippen molar-refractivity contribution >= 4 is 20.9 Å². The van der Waals surface area contributed by atoms with Crippen LogP contribution in [0.25, 0.3) is 10.9 Å². The minimum Gasteiger partial charge on any atom is -0.454 e. The summed E-state index contributed by atoms with van der Waals surface area (Å²) in [6.07, 6.45) is 1.36. The van der Waals surface area contributed by atoms with Gasteiger partial charge >= 0.3 is 0 Å². The lowest BCUT2D eigenvalue weighted by Crippen LogP contribution is -2.11. The van der Waals surface area contributed by atoms with Gasteiger partial charge in [-0.1, -0.05) is 0 Å². The molecule has 1 aliphatic rings. The summed E-state index contributed by atoms with van der Waals surface area (Å²) < 4.78 is 32.9. The lowest BCUT2D eigenvalue weighted by atomic mass is 10.2. The average molecular weight is 240 g/mol. The monoisotopic (exact) mass is 240 g/mol. The molecule has 2 aromatic rings. The molecule has 0 fully saturated rings. The first kappa shape index (κ1) is 9.49. The van der Waals surface area contributed by atoms with E-state index >= 15 is 0 Å². The second-order valence-electron chi connectivity index (χ2n) is 3.45. The number of H-pyrrole nitrogens is 1. The third-order valence-corrected chi connectivity index (χ3v) is 3.39. The van der Waals surface area contributed by atoms with E-state index in [2.05, 4.69) is 4.98 Å². The lowest BCUT2D eigenvalue weighted by molar-refractivity contribution is 0.174. The van der Waals surface area contributed by atoms with E-state index in [1.165, 1.54) is 6.20 Å². The molecule has 6 nitrogen and oxygen atoms in total. The number of sulfonamides is 1. The van der Waals surface area contributed by atoms with E-state index in [9.17, 15) is 8.42 Å². The Balaban J connectivity index is 2.35. The van der Waals surface area contributed by atoms with Crippen LogP contribution in [-0.2, 0) is 10.0 Å². The van der Waals surface area contributed by atoms with Gasteiger partial charge in [-0.3, -0.25) is 0 Å². The maximum absolute atomic E-state index is 11.3. The Morgan fingerprint density at radius 3 is 2.62 bits per heavy atom. The minimum absolute atomic E-state index is 0.0563. The molecule has 3 N–H and O–H groups in total. The van der Waals surface area contributed by atoms with Gasteiger partial charge in [0.15, 0.2) is 11.5 Å². The smallest absolute Gasteiger partial charge is 0.240 e. The Hall–Kier alpha value is -1.73. The largest absolute Gasteiger partial charge is 0.454 e. The van der Waals surface area contributed by atoms with Crippen molar-refractivity contribution in [1.29, 1.82) is 0 Å². The Bertz CT molecular complexity index is 674. The molecule has 7 heteroatoms. The standard InChI is InChI=1S/C9H8N2O4S/c10-16(12,13)9-3-11-6-2-8-7(1-5(6)9)14-4-15-8/h1-3,11H,4H2,(H2,10,12,13). The van der Waals surface area contributed by atoms with Gasteiger partial charge in [0, 0.05) is 17.6 Å². The number of rotatable bonds is 1.